The number of amides is 4. The van der Waals surface area contributed by atoms with Crippen LogP contribution in [0.25, 0.3) is 21.5 Å². The SMILES string of the molecule is CCC(NC(C)N1C(=O)c2cccc3cccc(c23)C1=O)N(C)C(C)N1C(=O)c2ccc3c4c(ccc(c24)C1=O)CCC3. The summed E-state index contributed by atoms with van der Waals surface area (Å²) < 4.78 is 0. The molecule has 4 amide bonds. The average molecular weight is 575 g/mol. The van der Waals surface area contributed by atoms with Crippen LogP contribution in [0.5, 0.6) is 0 Å². The molecule has 0 saturated carbocycles. The highest BCUT2D eigenvalue weighted by molar-refractivity contribution is 6.27. The summed E-state index contributed by atoms with van der Waals surface area (Å²) in [6, 6.07) is 18.8. The fourth-order valence-corrected chi connectivity index (χ4v) is 7.30. The third-order valence-corrected chi connectivity index (χ3v) is 9.59. The molecule has 0 spiro atoms. The summed E-state index contributed by atoms with van der Waals surface area (Å²) in [5.74, 6) is -1.31. The highest BCUT2D eigenvalue weighted by Gasteiger charge is 2.41. The van der Waals surface area contributed by atoms with Crippen LogP contribution in [-0.4, -0.2) is 63.9 Å². The standard InChI is InChI=1S/C35H34N4O4/c1-5-28(36-19(2)38-32(40)24-13-7-11-21-12-8-14-25(30(21)24)33(38)41)37(4)20(3)39-34(42)26-17-15-22-9-6-10-23-16-18-27(35(39)43)31(26)29(22)23/h7-8,11-20,28,36H,5-6,9-10H2,1-4H3. The third kappa shape index (κ3) is 3.97. The lowest BCUT2D eigenvalue weighted by Gasteiger charge is -2.42. The van der Waals surface area contributed by atoms with Crippen LogP contribution in [0.1, 0.15) is 86.2 Å². The van der Waals surface area contributed by atoms with Crippen molar-refractivity contribution in [3.63, 3.8) is 0 Å². The highest BCUT2D eigenvalue weighted by Crippen LogP contribution is 2.38. The molecule has 4 aromatic carbocycles. The van der Waals surface area contributed by atoms with Crippen molar-refractivity contribution >= 4 is 45.2 Å². The van der Waals surface area contributed by atoms with Gasteiger partial charge >= 0.3 is 0 Å². The average Bonchev–Trinajstić information content (AvgIpc) is 3.02. The zero-order chi connectivity index (χ0) is 30.2. The minimum atomic E-state index is -0.646. The van der Waals surface area contributed by atoms with Crippen molar-refractivity contribution in [1.29, 1.82) is 0 Å². The van der Waals surface area contributed by atoms with E-state index in [4.69, 9.17) is 0 Å². The van der Waals surface area contributed by atoms with Crippen molar-refractivity contribution < 1.29 is 19.2 Å². The molecule has 2 aliphatic heterocycles. The summed E-state index contributed by atoms with van der Waals surface area (Å²) in [5, 5.41) is 6.83. The fraction of sp³-hybridized carbons (Fsp3) is 0.314. The van der Waals surface area contributed by atoms with Crippen LogP contribution >= 0.6 is 0 Å². The maximum Gasteiger partial charge on any atom is 0.262 e. The van der Waals surface area contributed by atoms with E-state index in [-0.39, 0.29) is 29.8 Å². The number of carbonyl (C=O) groups excluding carboxylic acids is 4. The number of rotatable bonds is 7. The number of carbonyl (C=O) groups is 4. The smallest absolute Gasteiger partial charge is 0.262 e. The van der Waals surface area contributed by atoms with Gasteiger partial charge in [-0.25, -0.2) is 0 Å². The normalized spacial score (nSPS) is 18.2. The molecule has 8 heteroatoms. The third-order valence-electron chi connectivity index (χ3n) is 9.59. The van der Waals surface area contributed by atoms with E-state index in [9.17, 15) is 19.2 Å². The van der Waals surface area contributed by atoms with Crippen LogP contribution in [0, 0.1) is 0 Å². The number of imide groups is 2. The van der Waals surface area contributed by atoms with Crippen molar-refractivity contribution in [2.75, 3.05) is 7.05 Å². The lowest BCUT2D eigenvalue weighted by Crippen LogP contribution is -2.61. The predicted molar refractivity (Wildman–Crippen MR) is 165 cm³/mol. The predicted octanol–water partition coefficient (Wildman–Crippen LogP) is 5.32. The number of hydrogen-bond acceptors (Lipinski definition) is 6. The zero-order valence-corrected chi connectivity index (χ0v) is 24.8. The lowest BCUT2D eigenvalue weighted by atomic mass is 9.83. The first kappa shape index (κ1) is 27.4. The summed E-state index contributed by atoms with van der Waals surface area (Å²) in [5.41, 5.74) is 4.52. The van der Waals surface area contributed by atoms with E-state index >= 15 is 0 Å². The minimum absolute atomic E-state index is 0.305. The number of aryl methyl sites for hydroxylation is 2. The second-order valence-electron chi connectivity index (χ2n) is 11.9. The van der Waals surface area contributed by atoms with Crippen molar-refractivity contribution in [1.82, 2.24) is 20.0 Å². The Hall–Kier alpha value is -4.40. The maximum atomic E-state index is 13.9. The quantitative estimate of drug-likeness (QED) is 0.237. The second-order valence-corrected chi connectivity index (χ2v) is 11.9. The van der Waals surface area contributed by atoms with Crippen molar-refractivity contribution in [3.8, 4) is 0 Å². The van der Waals surface area contributed by atoms with Crippen LogP contribution in [0.3, 0.4) is 0 Å². The van der Waals surface area contributed by atoms with Gasteiger partial charge in [0.15, 0.2) is 0 Å². The molecule has 8 nitrogen and oxygen atoms in total. The van der Waals surface area contributed by atoms with Gasteiger partial charge in [0.05, 0.1) is 18.5 Å². The molecule has 1 N–H and O–H groups in total. The van der Waals surface area contributed by atoms with Crippen molar-refractivity contribution in [2.24, 2.45) is 0 Å². The molecule has 0 fully saturated rings. The van der Waals surface area contributed by atoms with E-state index < -0.39 is 12.3 Å². The molecule has 0 bridgehead atoms. The molecule has 3 atom stereocenters. The highest BCUT2D eigenvalue weighted by atomic mass is 16.2. The molecule has 218 valence electrons. The van der Waals surface area contributed by atoms with Gasteiger partial charge in [-0.2, -0.15) is 0 Å². The minimum Gasteiger partial charge on any atom is -0.281 e. The van der Waals surface area contributed by atoms with Gasteiger partial charge in [0.2, 0.25) is 0 Å². The molecule has 7 rings (SSSR count). The molecule has 3 unspecified atom stereocenters. The zero-order valence-electron chi connectivity index (χ0n) is 24.8. The first-order chi connectivity index (χ1) is 20.7. The van der Waals surface area contributed by atoms with Gasteiger partial charge in [-0.3, -0.25) is 39.2 Å². The van der Waals surface area contributed by atoms with Crippen LogP contribution in [0.15, 0.2) is 60.7 Å². The summed E-state index contributed by atoms with van der Waals surface area (Å²) in [7, 11) is 1.85. The van der Waals surface area contributed by atoms with Gasteiger partial charge in [0.25, 0.3) is 23.6 Å². The first-order valence-corrected chi connectivity index (χ1v) is 15.1. The molecule has 43 heavy (non-hydrogen) atoms. The Kier molecular flexibility index (Phi) is 6.45. The molecule has 2 heterocycles. The Bertz CT molecular complexity index is 1770. The molecular formula is C35H34N4O4. The Morgan fingerprint density at radius 2 is 1.21 bits per heavy atom. The number of nitrogens with zero attached hydrogens (tertiary/aromatic N) is 3. The van der Waals surface area contributed by atoms with Gasteiger partial charge in [0, 0.05) is 33.0 Å². The molecule has 4 aromatic rings. The Labute approximate surface area is 250 Å². The van der Waals surface area contributed by atoms with Crippen LogP contribution in [-0.2, 0) is 12.8 Å². The van der Waals surface area contributed by atoms with Gasteiger partial charge in [-0.1, -0.05) is 43.3 Å². The van der Waals surface area contributed by atoms with E-state index in [1.807, 2.05) is 74.3 Å². The monoisotopic (exact) mass is 574 g/mol. The summed E-state index contributed by atoms with van der Waals surface area (Å²) in [6.45, 7) is 5.62. The Balaban J connectivity index is 1.15. The van der Waals surface area contributed by atoms with Gasteiger partial charge in [0.1, 0.15) is 0 Å². The molecule has 3 aliphatic rings. The van der Waals surface area contributed by atoms with E-state index in [1.165, 1.54) is 20.9 Å². The number of hydrogen-bond donors (Lipinski definition) is 1. The van der Waals surface area contributed by atoms with Gasteiger partial charge in [-0.05, 0) is 92.7 Å². The summed E-state index contributed by atoms with van der Waals surface area (Å²) in [6.07, 6.45) is 1.97. The molecular weight excluding hydrogens is 540 g/mol. The first-order valence-electron chi connectivity index (χ1n) is 15.1. The van der Waals surface area contributed by atoms with Crippen LogP contribution in [0.2, 0.25) is 0 Å². The topological polar surface area (TPSA) is 90.0 Å². The maximum absolute atomic E-state index is 13.9. The molecule has 0 radical (unpaired) electrons. The molecule has 0 aromatic heterocycles. The molecule has 0 saturated heterocycles. The van der Waals surface area contributed by atoms with Crippen molar-refractivity contribution in [3.05, 3.63) is 94.0 Å². The number of benzene rings is 4. The van der Waals surface area contributed by atoms with Crippen LogP contribution in [0.4, 0.5) is 0 Å². The Morgan fingerprint density at radius 1 is 0.698 bits per heavy atom. The van der Waals surface area contributed by atoms with Gasteiger partial charge in [-0.15, -0.1) is 0 Å². The van der Waals surface area contributed by atoms with E-state index in [2.05, 4.69) is 5.32 Å². The Morgan fingerprint density at radius 3 is 1.74 bits per heavy atom. The fourth-order valence-electron chi connectivity index (χ4n) is 7.30. The molecule has 1 aliphatic carbocycles. The van der Waals surface area contributed by atoms with E-state index in [0.29, 0.717) is 34.1 Å². The van der Waals surface area contributed by atoms with Crippen molar-refractivity contribution in [2.45, 2.75) is 65.0 Å². The van der Waals surface area contributed by atoms with Crippen LogP contribution < -0.4 is 5.32 Å². The summed E-state index contributed by atoms with van der Waals surface area (Å²) in [4.78, 5) is 59.6. The summed E-state index contributed by atoms with van der Waals surface area (Å²) >= 11 is 0. The second kappa shape index (κ2) is 10.1. The van der Waals surface area contributed by atoms with E-state index in [0.717, 1.165) is 35.4 Å². The largest absolute Gasteiger partial charge is 0.281 e. The van der Waals surface area contributed by atoms with Gasteiger partial charge < -0.3 is 0 Å². The number of nitrogens with one attached hydrogen (secondary N) is 1. The lowest BCUT2D eigenvalue weighted by molar-refractivity contribution is 0.0153. The van der Waals surface area contributed by atoms with E-state index in [1.54, 1.807) is 19.1 Å².